The Kier molecular flexibility index (Phi) is 4.52. The first-order valence-electron chi connectivity index (χ1n) is 7.86. The Labute approximate surface area is 143 Å². The molecule has 132 valence electrons. The summed E-state index contributed by atoms with van der Waals surface area (Å²) in [4.78, 5) is 20.3. The average molecular weight is 350 g/mol. The number of benzene rings is 1. The van der Waals surface area contributed by atoms with E-state index in [1.165, 1.54) is 23.1 Å². The maximum atomic E-state index is 13.1. The van der Waals surface area contributed by atoms with E-state index in [4.69, 9.17) is 0 Å². The van der Waals surface area contributed by atoms with Crippen molar-refractivity contribution in [3.8, 4) is 0 Å². The second kappa shape index (κ2) is 6.62. The van der Waals surface area contributed by atoms with E-state index in [0.717, 1.165) is 12.6 Å². The van der Waals surface area contributed by atoms with Crippen LogP contribution in [0.1, 0.15) is 12.5 Å². The summed E-state index contributed by atoms with van der Waals surface area (Å²) in [5.41, 5.74) is -0.553. The molecule has 25 heavy (non-hydrogen) atoms. The first-order valence-corrected chi connectivity index (χ1v) is 7.86. The Morgan fingerprint density at radius 2 is 1.96 bits per heavy atom. The molecule has 2 heterocycles. The van der Waals surface area contributed by atoms with E-state index < -0.39 is 17.8 Å². The lowest BCUT2D eigenvalue weighted by molar-refractivity contribution is -0.136. The summed E-state index contributed by atoms with van der Waals surface area (Å²) >= 11 is 0. The van der Waals surface area contributed by atoms with Crippen molar-refractivity contribution in [3.05, 3.63) is 48.2 Å². The Bertz CT molecular complexity index is 778. The van der Waals surface area contributed by atoms with E-state index in [0.29, 0.717) is 24.6 Å². The number of pyridine rings is 1. The minimum absolute atomic E-state index is 0.261. The van der Waals surface area contributed by atoms with Crippen LogP contribution in [0.3, 0.4) is 0 Å². The minimum atomic E-state index is -4.54. The molecule has 0 atom stereocenters. The first-order chi connectivity index (χ1) is 11.9. The van der Waals surface area contributed by atoms with Crippen LogP contribution in [-0.4, -0.2) is 30.6 Å². The highest BCUT2D eigenvalue weighted by molar-refractivity contribution is 6.04. The predicted octanol–water partition coefficient (Wildman–Crippen LogP) is 3.98. The van der Waals surface area contributed by atoms with Crippen LogP contribution in [0.25, 0.3) is 0 Å². The maximum absolute atomic E-state index is 13.1. The quantitative estimate of drug-likeness (QED) is 0.891. The normalized spacial score (nSPS) is 14.2. The lowest BCUT2D eigenvalue weighted by atomic mass is 10.1. The van der Waals surface area contributed by atoms with Gasteiger partial charge in [-0.15, -0.1) is 0 Å². The van der Waals surface area contributed by atoms with Gasteiger partial charge in [-0.25, -0.2) is 9.78 Å². The fraction of sp³-hybridized carbons (Fsp3) is 0.294. The van der Waals surface area contributed by atoms with Gasteiger partial charge >= 0.3 is 12.2 Å². The van der Waals surface area contributed by atoms with Gasteiger partial charge < -0.3 is 10.2 Å². The summed E-state index contributed by atoms with van der Waals surface area (Å²) in [6.45, 7) is 3.64. The van der Waals surface area contributed by atoms with Crippen molar-refractivity contribution in [1.82, 2.24) is 4.98 Å². The molecule has 1 aromatic heterocycles. The minimum Gasteiger partial charge on any atom is -0.353 e. The first kappa shape index (κ1) is 17.1. The Morgan fingerprint density at radius 1 is 1.20 bits per heavy atom. The zero-order valence-electron chi connectivity index (χ0n) is 13.5. The summed E-state index contributed by atoms with van der Waals surface area (Å²) in [5, 5.41) is 2.38. The molecular formula is C17H17F3N4O. The van der Waals surface area contributed by atoms with Crippen molar-refractivity contribution in [2.75, 3.05) is 34.8 Å². The smallest absolute Gasteiger partial charge is 0.353 e. The van der Waals surface area contributed by atoms with E-state index in [1.807, 2.05) is 11.8 Å². The molecule has 3 rings (SSSR count). The van der Waals surface area contributed by atoms with Crippen LogP contribution < -0.4 is 15.1 Å². The number of anilines is 3. The third-order valence-corrected chi connectivity index (χ3v) is 4.05. The number of fused-ring (bicyclic) bond motifs is 1. The highest BCUT2D eigenvalue weighted by atomic mass is 19.4. The summed E-state index contributed by atoms with van der Waals surface area (Å²) in [6.07, 6.45) is -2.91. The Balaban J connectivity index is 1.88. The number of hydrogen-bond donors (Lipinski definition) is 1. The van der Waals surface area contributed by atoms with Crippen LogP contribution in [0.5, 0.6) is 0 Å². The molecule has 2 aromatic rings. The lowest BCUT2D eigenvalue weighted by Crippen LogP contribution is -2.46. The maximum Gasteiger partial charge on any atom is 0.418 e. The Hall–Kier alpha value is -2.77. The van der Waals surface area contributed by atoms with Gasteiger partial charge in [0.2, 0.25) is 0 Å². The standard InChI is InChI=1S/C17H17F3N4O/c1-2-23-10-11-24(14-8-5-9-21-15(14)23)16(25)22-13-7-4-3-6-12(13)17(18,19)20/h3-9H,2,10-11H2,1H3,(H,22,25). The molecule has 1 N–H and O–H groups in total. The van der Waals surface area contributed by atoms with Crippen molar-refractivity contribution >= 4 is 23.2 Å². The fourth-order valence-corrected chi connectivity index (χ4v) is 2.83. The molecule has 0 spiro atoms. The molecule has 0 saturated carbocycles. The summed E-state index contributed by atoms with van der Waals surface area (Å²) < 4.78 is 39.3. The van der Waals surface area contributed by atoms with Crippen LogP contribution in [0.4, 0.5) is 35.2 Å². The highest BCUT2D eigenvalue weighted by Gasteiger charge is 2.34. The number of nitrogens with one attached hydrogen (secondary N) is 1. The zero-order chi connectivity index (χ0) is 18.0. The molecule has 0 unspecified atom stereocenters. The van der Waals surface area contributed by atoms with Gasteiger partial charge in [0.25, 0.3) is 0 Å². The van der Waals surface area contributed by atoms with Gasteiger partial charge in [-0.1, -0.05) is 12.1 Å². The molecule has 1 aliphatic heterocycles. The van der Waals surface area contributed by atoms with Gasteiger partial charge in [-0.3, -0.25) is 4.90 Å². The molecule has 2 amide bonds. The molecule has 1 aliphatic rings. The van der Waals surface area contributed by atoms with E-state index >= 15 is 0 Å². The van der Waals surface area contributed by atoms with Crippen LogP contribution in [0, 0.1) is 0 Å². The number of aromatic nitrogens is 1. The number of nitrogens with zero attached hydrogens (tertiary/aromatic N) is 3. The van der Waals surface area contributed by atoms with Crippen LogP contribution in [0.2, 0.25) is 0 Å². The number of carbonyl (C=O) groups is 1. The van der Waals surface area contributed by atoms with Gasteiger partial charge in [0.15, 0.2) is 5.82 Å². The third kappa shape index (κ3) is 3.38. The second-order valence-corrected chi connectivity index (χ2v) is 5.55. The molecule has 1 aromatic carbocycles. The molecule has 0 aliphatic carbocycles. The zero-order valence-corrected chi connectivity index (χ0v) is 13.5. The third-order valence-electron chi connectivity index (χ3n) is 4.05. The second-order valence-electron chi connectivity index (χ2n) is 5.55. The van der Waals surface area contributed by atoms with Crippen molar-refractivity contribution < 1.29 is 18.0 Å². The van der Waals surface area contributed by atoms with Crippen molar-refractivity contribution in [2.24, 2.45) is 0 Å². The lowest BCUT2D eigenvalue weighted by Gasteiger charge is -2.36. The van der Waals surface area contributed by atoms with Gasteiger partial charge in [-0.2, -0.15) is 13.2 Å². The van der Waals surface area contributed by atoms with Crippen molar-refractivity contribution in [3.63, 3.8) is 0 Å². The number of alkyl halides is 3. The molecule has 0 radical (unpaired) electrons. The summed E-state index contributed by atoms with van der Waals surface area (Å²) in [7, 11) is 0. The number of rotatable bonds is 2. The van der Waals surface area contributed by atoms with E-state index in [9.17, 15) is 18.0 Å². The van der Waals surface area contributed by atoms with Crippen molar-refractivity contribution in [1.29, 1.82) is 0 Å². The van der Waals surface area contributed by atoms with Crippen LogP contribution in [0.15, 0.2) is 42.6 Å². The summed E-state index contributed by atoms with van der Waals surface area (Å²) in [6, 6.07) is 7.75. The fourth-order valence-electron chi connectivity index (χ4n) is 2.83. The van der Waals surface area contributed by atoms with Gasteiger partial charge in [0.1, 0.15) is 0 Å². The number of likely N-dealkylation sites (N-methyl/N-ethyl adjacent to an activating group) is 1. The molecule has 5 nitrogen and oxygen atoms in total. The van der Waals surface area contributed by atoms with Gasteiger partial charge in [0.05, 0.1) is 16.9 Å². The van der Waals surface area contributed by atoms with Gasteiger partial charge in [-0.05, 0) is 31.2 Å². The largest absolute Gasteiger partial charge is 0.418 e. The number of halogens is 3. The SMILES string of the molecule is CCN1CCN(C(=O)Nc2ccccc2C(F)(F)F)c2cccnc21. The van der Waals surface area contributed by atoms with E-state index in [1.54, 1.807) is 18.3 Å². The molecule has 0 bridgehead atoms. The monoisotopic (exact) mass is 350 g/mol. The van der Waals surface area contributed by atoms with Crippen molar-refractivity contribution in [2.45, 2.75) is 13.1 Å². The Morgan fingerprint density at radius 3 is 2.68 bits per heavy atom. The van der Waals surface area contributed by atoms with Crippen LogP contribution >= 0.6 is 0 Å². The number of hydrogen-bond acceptors (Lipinski definition) is 3. The van der Waals surface area contributed by atoms with E-state index in [2.05, 4.69) is 10.3 Å². The number of carbonyl (C=O) groups excluding carboxylic acids is 1. The summed E-state index contributed by atoms with van der Waals surface area (Å²) in [5.74, 6) is 0.649. The van der Waals surface area contributed by atoms with Crippen LogP contribution in [-0.2, 0) is 6.18 Å². The van der Waals surface area contributed by atoms with Gasteiger partial charge in [0, 0.05) is 25.8 Å². The number of para-hydroxylation sites is 1. The highest BCUT2D eigenvalue weighted by Crippen LogP contribution is 2.35. The molecule has 0 saturated heterocycles. The topological polar surface area (TPSA) is 48.5 Å². The number of amides is 2. The van der Waals surface area contributed by atoms with E-state index in [-0.39, 0.29) is 5.69 Å². The number of urea groups is 1. The molecule has 0 fully saturated rings. The average Bonchev–Trinajstić information content (AvgIpc) is 2.60. The predicted molar refractivity (Wildman–Crippen MR) is 89.9 cm³/mol. The molecular weight excluding hydrogens is 333 g/mol. The molecule has 8 heteroatoms.